The first kappa shape index (κ1) is 21.5. The molecule has 0 aliphatic carbocycles. The van der Waals surface area contributed by atoms with E-state index < -0.39 is 11.8 Å². The Kier molecular flexibility index (Phi) is 6.44. The van der Waals surface area contributed by atoms with Gasteiger partial charge in [0.2, 0.25) is 0 Å². The molecule has 2 aromatic heterocycles. The lowest BCUT2D eigenvalue weighted by Crippen LogP contribution is -2.52. The van der Waals surface area contributed by atoms with E-state index in [1.807, 2.05) is 54.9 Å². The maximum Gasteiger partial charge on any atom is 0.312 e. The van der Waals surface area contributed by atoms with Gasteiger partial charge in [0, 0.05) is 63.4 Å². The van der Waals surface area contributed by atoms with Gasteiger partial charge < -0.3 is 19.7 Å². The highest BCUT2D eigenvalue weighted by atomic mass is 16.2. The van der Waals surface area contributed by atoms with Crippen molar-refractivity contribution >= 4 is 17.6 Å². The molecule has 9 heteroatoms. The third kappa shape index (κ3) is 5.29. The van der Waals surface area contributed by atoms with Gasteiger partial charge in [0.05, 0.1) is 6.33 Å². The van der Waals surface area contributed by atoms with Gasteiger partial charge in [-0.05, 0) is 25.0 Å². The Balaban J connectivity index is 1.28. The van der Waals surface area contributed by atoms with E-state index in [9.17, 15) is 9.59 Å². The molecule has 0 saturated carbocycles. The van der Waals surface area contributed by atoms with Gasteiger partial charge in [-0.1, -0.05) is 24.3 Å². The van der Waals surface area contributed by atoms with Crippen molar-refractivity contribution < 1.29 is 9.59 Å². The van der Waals surface area contributed by atoms with Crippen molar-refractivity contribution in [3.8, 4) is 0 Å². The van der Waals surface area contributed by atoms with Gasteiger partial charge in [-0.15, -0.1) is 0 Å². The maximum absolute atomic E-state index is 12.6. The third-order valence-electron chi connectivity index (χ3n) is 5.41. The Hall–Kier alpha value is -3.75. The number of nitrogens with zero attached hydrogens (tertiary/aromatic N) is 6. The van der Waals surface area contributed by atoms with Crippen LogP contribution in [0, 0.1) is 13.8 Å². The predicted molar refractivity (Wildman–Crippen MR) is 120 cm³/mol. The molecular formula is C23H27N7O2. The summed E-state index contributed by atoms with van der Waals surface area (Å²) in [5, 5.41) is 2.76. The highest BCUT2D eigenvalue weighted by Crippen LogP contribution is 2.15. The van der Waals surface area contributed by atoms with Crippen LogP contribution in [0.25, 0.3) is 0 Å². The molecule has 0 atom stereocenters. The number of anilines is 1. The van der Waals surface area contributed by atoms with Crippen LogP contribution in [-0.4, -0.2) is 62.4 Å². The highest BCUT2D eigenvalue weighted by molar-refractivity contribution is 6.35. The Labute approximate surface area is 187 Å². The smallest absolute Gasteiger partial charge is 0.312 e. The van der Waals surface area contributed by atoms with E-state index in [1.165, 1.54) is 0 Å². The van der Waals surface area contributed by atoms with Gasteiger partial charge >= 0.3 is 11.8 Å². The zero-order chi connectivity index (χ0) is 22.5. The van der Waals surface area contributed by atoms with Crippen LogP contribution in [0.5, 0.6) is 0 Å². The van der Waals surface area contributed by atoms with Gasteiger partial charge in [0.25, 0.3) is 0 Å². The molecule has 1 aliphatic heterocycles. The summed E-state index contributed by atoms with van der Waals surface area (Å²) in [5.41, 5.74) is 2.97. The first-order valence-electron chi connectivity index (χ1n) is 10.7. The Morgan fingerprint density at radius 2 is 1.81 bits per heavy atom. The number of amides is 2. The van der Waals surface area contributed by atoms with Crippen LogP contribution in [0.2, 0.25) is 0 Å². The summed E-state index contributed by atoms with van der Waals surface area (Å²) in [7, 11) is 0. The van der Waals surface area contributed by atoms with Crippen molar-refractivity contribution in [2.45, 2.75) is 26.9 Å². The number of nitrogens with one attached hydrogen (secondary N) is 1. The van der Waals surface area contributed by atoms with Crippen LogP contribution in [0.4, 0.5) is 5.82 Å². The van der Waals surface area contributed by atoms with E-state index >= 15 is 0 Å². The number of aromatic nitrogens is 4. The molecule has 1 saturated heterocycles. The number of imidazole rings is 1. The second-order valence-corrected chi connectivity index (χ2v) is 7.93. The summed E-state index contributed by atoms with van der Waals surface area (Å²) in [6.45, 7) is 7.04. The summed E-state index contributed by atoms with van der Waals surface area (Å²) in [6.07, 6.45) is 5.41. The molecule has 0 spiro atoms. The minimum absolute atomic E-state index is 0.307. The number of hydrogen-bond donors (Lipinski definition) is 1. The minimum atomic E-state index is -0.577. The molecule has 3 aromatic rings. The van der Waals surface area contributed by atoms with Crippen LogP contribution in [0.3, 0.4) is 0 Å². The average molecular weight is 434 g/mol. The SMILES string of the molecule is Cc1cc(N2CCN(C(=O)C(=O)NCc3cccc(Cn4ccnc4)c3)CC2)nc(C)n1. The Bertz CT molecular complexity index is 1070. The zero-order valence-electron chi connectivity index (χ0n) is 18.4. The lowest BCUT2D eigenvalue weighted by Gasteiger charge is -2.35. The van der Waals surface area contributed by atoms with Crippen LogP contribution < -0.4 is 10.2 Å². The number of piperazine rings is 1. The molecule has 166 valence electrons. The average Bonchev–Trinajstić information content (AvgIpc) is 3.30. The number of rotatable bonds is 5. The number of carbonyl (C=O) groups excluding carboxylic acids is 2. The van der Waals surface area contributed by atoms with E-state index in [0.717, 1.165) is 28.5 Å². The monoisotopic (exact) mass is 433 g/mol. The molecule has 9 nitrogen and oxygen atoms in total. The summed E-state index contributed by atoms with van der Waals surface area (Å²) in [4.78, 5) is 41.6. The quantitative estimate of drug-likeness (QED) is 0.610. The van der Waals surface area contributed by atoms with Gasteiger partial charge in [0.1, 0.15) is 11.6 Å². The topological polar surface area (TPSA) is 96.2 Å². The van der Waals surface area contributed by atoms with Crippen molar-refractivity contribution in [3.63, 3.8) is 0 Å². The molecule has 0 unspecified atom stereocenters. The van der Waals surface area contributed by atoms with Crippen LogP contribution >= 0.6 is 0 Å². The number of aryl methyl sites for hydroxylation is 2. The molecule has 1 fully saturated rings. The van der Waals surface area contributed by atoms with E-state index in [4.69, 9.17) is 0 Å². The van der Waals surface area contributed by atoms with Gasteiger partial charge in [-0.2, -0.15) is 0 Å². The second-order valence-electron chi connectivity index (χ2n) is 7.93. The molecule has 2 amide bonds. The van der Waals surface area contributed by atoms with E-state index in [2.05, 4.69) is 25.2 Å². The fourth-order valence-electron chi connectivity index (χ4n) is 3.83. The van der Waals surface area contributed by atoms with Crippen LogP contribution in [-0.2, 0) is 22.7 Å². The molecule has 32 heavy (non-hydrogen) atoms. The van der Waals surface area contributed by atoms with Crippen molar-refractivity contribution in [3.05, 3.63) is 71.7 Å². The minimum Gasteiger partial charge on any atom is -0.353 e. The van der Waals surface area contributed by atoms with Crippen molar-refractivity contribution in [1.82, 2.24) is 29.7 Å². The predicted octanol–water partition coefficient (Wildman–Crippen LogP) is 1.30. The van der Waals surface area contributed by atoms with Crippen molar-refractivity contribution in [1.29, 1.82) is 0 Å². The van der Waals surface area contributed by atoms with Crippen LogP contribution in [0.15, 0.2) is 49.1 Å². The summed E-state index contributed by atoms with van der Waals surface area (Å²) in [6, 6.07) is 9.88. The first-order chi connectivity index (χ1) is 15.5. The van der Waals surface area contributed by atoms with E-state index in [0.29, 0.717) is 39.3 Å². The largest absolute Gasteiger partial charge is 0.353 e. The van der Waals surface area contributed by atoms with Gasteiger partial charge in [-0.3, -0.25) is 9.59 Å². The maximum atomic E-state index is 12.6. The summed E-state index contributed by atoms with van der Waals surface area (Å²) < 4.78 is 1.98. The molecule has 3 heterocycles. The molecular weight excluding hydrogens is 406 g/mol. The molecule has 0 radical (unpaired) electrons. The van der Waals surface area contributed by atoms with Crippen molar-refractivity contribution in [2.24, 2.45) is 0 Å². The lowest BCUT2D eigenvalue weighted by molar-refractivity contribution is -0.146. The van der Waals surface area contributed by atoms with Crippen molar-refractivity contribution in [2.75, 3.05) is 31.1 Å². The van der Waals surface area contributed by atoms with Crippen LogP contribution in [0.1, 0.15) is 22.6 Å². The summed E-state index contributed by atoms with van der Waals surface area (Å²) >= 11 is 0. The molecule has 0 bridgehead atoms. The highest BCUT2D eigenvalue weighted by Gasteiger charge is 2.26. The number of hydrogen-bond acceptors (Lipinski definition) is 6. The zero-order valence-corrected chi connectivity index (χ0v) is 18.4. The molecule has 1 aliphatic rings. The summed E-state index contributed by atoms with van der Waals surface area (Å²) in [5.74, 6) is 0.524. The normalized spacial score (nSPS) is 13.8. The first-order valence-corrected chi connectivity index (χ1v) is 10.7. The number of benzene rings is 1. The van der Waals surface area contributed by atoms with Gasteiger partial charge in [0.15, 0.2) is 0 Å². The third-order valence-corrected chi connectivity index (χ3v) is 5.41. The molecule has 4 rings (SSSR count). The fraction of sp³-hybridized carbons (Fsp3) is 0.348. The standard InChI is InChI=1S/C23H27N7O2/c1-17-12-21(27-18(2)26-17)29-8-10-30(11-9-29)23(32)22(31)25-14-19-4-3-5-20(13-19)15-28-7-6-24-16-28/h3-7,12-13,16H,8-11,14-15H2,1-2H3,(H,25,31). The fourth-order valence-corrected chi connectivity index (χ4v) is 3.83. The molecule has 1 aromatic carbocycles. The number of carbonyl (C=O) groups is 2. The Morgan fingerprint density at radius 1 is 1.03 bits per heavy atom. The Morgan fingerprint density at radius 3 is 2.53 bits per heavy atom. The lowest BCUT2D eigenvalue weighted by atomic mass is 10.1. The van der Waals surface area contributed by atoms with E-state index in [-0.39, 0.29) is 0 Å². The van der Waals surface area contributed by atoms with E-state index in [1.54, 1.807) is 17.4 Å². The second kappa shape index (κ2) is 9.59. The van der Waals surface area contributed by atoms with Gasteiger partial charge in [-0.25, -0.2) is 15.0 Å². The molecule has 1 N–H and O–H groups in total.